The van der Waals surface area contributed by atoms with Crippen molar-refractivity contribution in [3.8, 4) is 5.75 Å². The van der Waals surface area contributed by atoms with Gasteiger partial charge in [-0.2, -0.15) is 0 Å². The number of nitrogens with one attached hydrogen (secondary N) is 1. The predicted molar refractivity (Wildman–Crippen MR) is 71.0 cm³/mol. The van der Waals surface area contributed by atoms with Gasteiger partial charge in [-0.05, 0) is 24.6 Å². The Morgan fingerprint density at radius 3 is 2.47 bits per heavy atom. The summed E-state index contributed by atoms with van der Waals surface area (Å²) in [4.78, 5) is 11.3. The Morgan fingerprint density at radius 2 is 2.06 bits per heavy atom. The first-order valence-electron chi connectivity index (χ1n) is 5.33. The average Bonchev–Trinajstić information content (AvgIpc) is 2.27. The zero-order valence-corrected chi connectivity index (χ0v) is 10.7. The molecular formula is C12H16N2O2S. The average molecular weight is 252 g/mol. The molecule has 0 radical (unpaired) electrons. The molecule has 1 aromatic carbocycles. The van der Waals surface area contributed by atoms with Crippen molar-refractivity contribution in [2.24, 2.45) is 5.73 Å². The van der Waals surface area contributed by atoms with Gasteiger partial charge in [0.2, 0.25) is 5.91 Å². The molecule has 0 heterocycles. The van der Waals surface area contributed by atoms with E-state index in [1.54, 1.807) is 0 Å². The molecule has 0 fully saturated rings. The fourth-order valence-electron chi connectivity index (χ4n) is 1.45. The molecule has 0 spiro atoms. The van der Waals surface area contributed by atoms with E-state index < -0.39 is 6.04 Å². The van der Waals surface area contributed by atoms with Crippen LogP contribution in [0.4, 0.5) is 0 Å². The van der Waals surface area contributed by atoms with Crippen molar-refractivity contribution in [1.29, 1.82) is 0 Å². The number of hydrogen-bond donors (Lipinski definition) is 2. The normalized spacial score (nSPS) is 11.6. The van der Waals surface area contributed by atoms with Crippen LogP contribution in [-0.4, -0.2) is 17.5 Å². The Hall–Kier alpha value is -1.62. The number of carbonyl (C=O) groups is 1. The molecule has 0 saturated heterocycles. The monoisotopic (exact) mass is 252 g/mol. The lowest BCUT2D eigenvalue weighted by Gasteiger charge is -2.17. The van der Waals surface area contributed by atoms with E-state index in [0.717, 1.165) is 11.3 Å². The number of ether oxygens (including phenoxy) is 1. The summed E-state index contributed by atoms with van der Waals surface area (Å²) in [6, 6.07) is 6.89. The molecule has 1 rings (SSSR count). The highest BCUT2D eigenvalue weighted by molar-refractivity contribution is 7.80. The van der Waals surface area contributed by atoms with Crippen LogP contribution in [0.2, 0.25) is 0 Å². The van der Waals surface area contributed by atoms with Crippen LogP contribution in [0.5, 0.6) is 5.75 Å². The van der Waals surface area contributed by atoms with Gasteiger partial charge in [0.15, 0.2) is 0 Å². The van der Waals surface area contributed by atoms with Crippen LogP contribution in [0.15, 0.2) is 24.3 Å². The molecule has 0 bridgehead atoms. The fourth-order valence-corrected chi connectivity index (χ4v) is 1.64. The quantitative estimate of drug-likeness (QED) is 0.780. The first-order chi connectivity index (χ1) is 8.04. The molecule has 0 aliphatic rings. The minimum Gasteiger partial charge on any atom is -0.494 e. The van der Waals surface area contributed by atoms with Gasteiger partial charge in [0.25, 0.3) is 0 Å². The zero-order valence-electron chi connectivity index (χ0n) is 9.90. The maximum Gasteiger partial charge on any atom is 0.217 e. The molecule has 0 aliphatic heterocycles. The molecule has 17 heavy (non-hydrogen) atoms. The van der Waals surface area contributed by atoms with Crippen LogP contribution < -0.4 is 15.8 Å². The van der Waals surface area contributed by atoms with Crippen LogP contribution in [0.25, 0.3) is 0 Å². The highest BCUT2D eigenvalue weighted by Crippen LogP contribution is 2.18. The summed E-state index contributed by atoms with van der Waals surface area (Å²) in [6.45, 7) is 3.96. The maximum absolute atomic E-state index is 11.1. The highest BCUT2D eigenvalue weighted by atomic mass is 32.1. The van der Waals surface area contributed by atoms with Crippen molar-refractivity contribution in [3.05, 3.63) is 29.8 Å². The molecule has 1 amide bonds. The number of nitrogens with two attached hydrogens (primary N) is 1. The van der Waals surface area contributed by atoms with E-state index in [0.29, 0.717) is 6.61 Å². The lowest BCUT2D eigenvalue weighted by Crippen LogP contribution is -2.35. The number of thiocarbonyl (C=S) groups is 1. The molecule has 1 aromatic rings. The van der Waals surface area contributed by atoms with Gasteiger partial charge in [0, 0.05) is 6.92 Å². The summed E-state index contributed by atoms with van der Waals surface area (Å²) in [5.74, 6) is 0.609. The second kappa shape index (κ2) is 6.20. The first-order valence-corrected chi connectivity index (χ1v) is 5.74. The Labute approximate surface area is 106 Å². The van der Waals surface area contributed by atoms with Gasteiger partial charge in [-0.15, -0.1) is 0 Å². The van der Waals surface area contributed by atoms with Crippen LogP contribution in [0.3, 0.4) is 0 Å². The van der Waals surface area contributed by atoms with E-state index in [1.807, 2.05) is 31.2 Å². The van der Waals surface area contributed by atoms with E-state index in [9.17, 15) is 4.79 Å². The van der Waals surface area contributed by atoms with Crippen molar-refractivity contribution in [3.63, 3.8) is 0 Å². The van der Waals surface area contributed by atoms with Gasteiger partial charge in [0.05, 0.1) is 6.61 Å². The molecule has 5 heteroatoms. The molecule has 4 nitrogen and oxygen atoms in total. The van der Waals surface area contributed by atoms with Gasteiger partial charge in [0.1, 0.15) is 16.8 Å². The molecule has 1 unspecified atom stereocenters. The lowest BCUT2D eigenvalue weighted by atomic mass is 10.1. The van der Waals surface area contributed by atoms with Crippen molar-refractivity contribution < 1.29 is 9.53 Å². The third-order valence-electron chi connectivity index (χ3n) is 2.16. The van der Waals surface area contributed by atoms with Crippen LogP contribution >= 0.6 is 12.2 Å². The summed E-state index contributed by atoms with van der Waals surface area (Å²) in [5.41, 5.74) is 6.44. The number of carbonyl (C=O) groups excluding carboxylic acids is 1. The predicted octanol–water partition coefficient (Wildman–Crippen LogP) is 1.55. The number of rotatable bonds is 5. The van der Waals surface area contributed by atoms with Gasteiger partial charge < -0.3 is 15.8 Å². The topological polar surface area (TPSA) is 64.3 Å². The second-order valence-corrected chi connectivity index (χ2v) is 4.01. The van der Waals surface area contributed by atoms with Gasteiger partial charge >= 0.3 is 0 Å². The Morgan fingerprint density at radius 1 is 1.47 bits per heavy atom. The van der Waals surface area contributed by atoms with Crippen molar-refractivity contribution >= 4 is 23.1 Å². The highest BCUT2D eigenvalue weighted by Gasteiger charge is 2.15. The summed E-state index contributed by atoms with van der Waals surface area (Å²) < 4.78 is 5.33. The number of amides is 1. The molecule has 0 aromatic heterocycles. The van der Waals surface area contributed by atoms with E-state index in [-0.39, 0.29) is 10.9 Å². The summed E-state index contributed by atoms with van der Waals surface area (Å²) >= 11 is 4.93. The molecule has 92 valence electrons. The smallest absolute Gasteiger partial charge is 0.217 e. The van der Waals surface area contributed by atoms with Gasteiger partial charge in [-0.1, -0.05) is 24.4 Å². The van der Waals surface area contributed by atoms with E-state index in [1.165, 1.54) is 6.92 Å². The van der Waals surface area contributed by atoms with Crippen molar-refractivity contribution in [2.45, 2.75) is 19.9 Å². The molecule has 3 N–H and O–H groups in total. The number of hydrogen-bond acceptors (Lipinski definition) is 3. The van der Waals surface area contributed by atoms with Crippen molar-refractivity contribution in [2.75, 3.05) is 6.61 Å². The van der Waals surface area contributed by atoms with E-state index >= 15 is 0 Å². The third kappa shape index (κ3) is 4.03. The summed E-state index contributed by atoms with van der Waals surface area (Å²) in [6.07, 6.45) is 0. The molecule has 0 saturated carbocycles. The third-order valence-corrected chi connectivity index (χ3v) is 2.39. The fraction of sp³-hybridized carbons (Fsp3) is 0.333. The minimum absolute atomic E-state index is 0.170. The van der Waals surface area contributed by atoms with E-state index in [4.69, 9.17) is 22.7 Å². The summed E-state index contributed by atoms with van der Waals surface area (Å²) in [7, 11) is 0. The zero-order chi connectivity index (χ0) is 12.8. The standard InChI is InChI=1S/C12H16N2O2S/c1-3-16-10-6-4-9(5-7-10)11(12(13)17)14-8(2)15/h4-7,11H,3H2,1-2H3,(H2,13,17)(H,14,15). The Kier molecular flexibility index (Phi) is 4.90. The largest absolute Gasteiger partial charge is 0.494 e. The lowest BCUT2D eigenvalue weighted by molar-refractivity contribution is -0.119. The number of benzene rings is 1. The van der Waals surface area contributed by atoms with Crippen molar-refractivity contribution in [1.82, 2.24) is 5.32 Å². The SMILES string of the molecule is CCOc1ccc(C(NC(C)=O)C(N)=S)cc1. The van der Waals surface area contributed by atoms with Gasteiger partial charge in [-0.3, -0.25) is 4.79 Å². The Balaban J connectivity index is 2.87. The summed E-state index contributed by atoms with van der Waals surface area (Å²) in [5, 5.41) is 2.70. The molecule has 1 atom stereocenters. The minimum atomic E-state index is -0.432. The van der Waals surface area contributed by atoms with E-state index in [2.05, 4.69) is 5.32 Å². The second-order valence-electron chi connectivity index (χ2n) is 3.54. The maximum atomic E-state index is 11.1. The first kappa shape index (κ1) is 13.4. The van der Waals surface area contributed by atoms with Crippen LogP contribution in [-0.2, 0) is 4.79 Å². The van der Waals surface area contributed by atoms with Crippen LogP contribution in [0.1, 0.15) is 25.5 Å². The van der Waals surface area contributed by atoms with Crippen LogP contribution in [0, 0.1) is 0 Å². The van der Waals surface area contributed by atoms with Gasteiger partial charge in [-0.25, -0.2) is 0 Å². The molecule has 0 aliphatic carbocycles. The Bertz CT molecular complexity index is 403. The molecular weight excluding hydrogens is 236 g/mol.